The number of aliphatic hydroxyl groups excluding tert-OH is 2. The SMILES string of the molecule is NC(=O)CC[C@H](N)C(=O)N[C@@H](CO)C(=O)N[C@@H](Cc1c[nH]c2ccccc12)C(=O)N[C@@H](CC(=O)O)C(=O)N1CCC[C@H]1C(=O)N[C@@H](CO)C(=O)N[C@@H](Cc1cnc[nH]1)C(=O)N[C@@H](Cc1ccc(O)cc1)C(=O)N[C@@H](Cc1ccc(O)cc1)C(=O)O. The minimum atomic E-state index is -1.90. The van der Waals surface area contributed by atoms with Crippen molar-refractivity contribution < 1.29 is 83.4 Å². The molecule has 454 valence electrons. The van der Waals surface area contributed by atoms with Gasteiger partial charge >= 0.3 is 11.9 Å². The number of likely N-dealkylation sites (tertiary alicyclic amines) is 1. The smallest absolute Gasteiger partial charge is 0.326 e. The number of carbonyl (C=O) groups excluding carboxylic acids is 9. The highest BCUT2D eigenvalue weighted by Gasteiger charge is 2.41. The van der Waals surface area contributed by atoms with Crippen LogP contribution in [0.1, 0.15) is 54.5 Å². The number of carboxylic acid groups (broad SMARTS) is 2. The number of primary amides is 1. The maximum absolute atomic E-state index is 14.4. The molecule has 1 aliphatic rings. The molecule has 0 saturated carbocycles. The normalized spacial score (nSPS) is 15.8. The molecule has 9 atom stereocenters. The summed E-state index contributed by atoms with van der Waals surface area (Å²) in [7, 11) is 0. The Labute approximate surface area is 483 Å². The quantitative estimate of drug-likeness (QED) is 0.0202. The zero-order valence-electron chi connectivity index (χ0n) is 45.6. The zero-order chi connectivity index (χ0) is 61.9. The maximum Gasteiger partial charge on any atom is 0.326 e. The number of hydrogen-bond donors (Lipinski definition) is 17. The number of carboxylic acids is 2. The molecule has 19 N–H and O–H groups in total. The molecule has 3 aromatic carbocycles. The van der Waals surface area contributed by atoms with Gasteiger partial charge in [-0.05, 0) is 66.3 Å². The molecule has 0 radical (unpaired) electrons. The van der Waals surface area contributed by atoms with Crippen molar-refractivity contribution in [3.8, 4) is 11.5 Å². The van der Waals surface area contributed by atoms with E-state index < -0.39 is 139 Å². The van der Waals surface area contributed by atoms with Crippen LogP contribution in [0.25, 0.3) is 10.9 Å². The number of phenolic OH excluding ortho intramolecular Hbond substituents is 2. The Morgan fingerprint density at radius 3 is 1.66 bits per heavy atom. The number of rotatable bonds is 31. The lowest BCUT2D eigenvalue weighted by molar-refractivity contribution is -0.146. The lowest BCUT2D eigenvalue weighted by Crippen LogP contribution is -2.61. The number of hydrogen-bond acceptors (Lipinski definition) is 17. The summed E-state index contributed by atoms with van der Waals surface area (Å²) in [4.78, 5) is 158. The topological polar surface area (TPSA) is 493 Å². The highest BCUT2D eigenvalue weighted by atomic mass is 16.4. The number of aromatic amines is 2. The summed E-state index contributed by atoms with van der Waals surface area (Å²) in [5.41, 5.74) is 13.2. The molecule has 2 aromatic heterocycles. The van der Waals surface area contributed by atoms with E-state index in [0.29, 0.717) is 27.6 Å². The van der Waals surface area contributed by atoms with E-state index in [1.165, 1.54) is 61.1 Å². The number of benzene rings is 3. The van der Waals surface area contributed by atoms with Crippen molar-refractivity contribution in [2.45, 2.75) is 112 Å². The molecule has 0 spiro atoms. The van der Waals surface area contributed by atoms with Crippen molar-refractivity contribution in [3.63, 3.8) is 0 Å². The van der Waals surface area contributed by atoms with Crippen LogP contribution in [0, 0.1) is 0 Å². The fraction of sp³-hybridized carbons (Fsp3) is 0.382. The zero-order valence-corrected chi connectivity index (χ0v) is 45.6. The number of imidazole rings is 1. The number of para-hydroxylation sites is 1. The summed E-state index contributed by atoms with van der Waals surface area (Å²) in [6.07, 6.45) is 1.64. The Bertz CT molecular complexity index is 3190. The van der Waals surface area contributed by atoms with E-state index in [-0.39, 0.29) is 75.1 Å². The second kappa shape index (κ2) is 30.4. The van der Waals surface area contributed by atoms with Crippen molar-refractivity contribution in [1.29, 1.82) is 0 Å². The second-order valence-corrected chi connectivity index (χ2v) is 20.1. The summed E-state index contributed by atoms with van der Waals surface area (Å²) in [6, 6.07) is 3.56. The highest BCUT2D eigenvalue weighted by molar-refractivity contribution is 5.99. The van der Waals surface area contributed by atoms with E-state index in [1.54, 1.807) is 30.5 Å². The predicted octanol–water partition coefficient (Wildman–Crippen LogP) is -3.91. The molecule has 0 unspecified atom stereocenters. The van der Waals surface area contributed by atoms with Crippen LogP contribution >= 0.6 is 0 Å². The fourth-order valence-corrected chi connectivity index (χ4v) is 9.30. The third-order valence-corrected chi connectivity index (χ3v) is 13.8. The minimum Gasteiger partial charge on any atom is -0.508 e. The first kappa shape index (κ1) is 64.2. The largest absolute Gasteiger partial charge is 0.508 e. The number of fused-ring (bicyclic) bond motifs is 1. The number of carbonyl (C=O) groups is 11. The van der Waals surface area contributed by atoms with Gasteiger partial charge in [0.25, 0.3) is 0 Å². The van der Waals surface area contributed by atoms with Gasteiger partial charge in [0.2, 0.25) is 53.2 Å². The molecule has 0 aliphatic carbocycles. The van der Waals surface area contributed by atoms with Crippen LogP contribution < -0.4 is 48.7 Å². The number of nitrogens with one attached hydrogen (secondary N) is 9. The van der Waals surface area contributed by atoms with Gasteiger partial charge in [0.1, 0.15) is 59.8 Å². The highest BCUT2D eigenvalue weighted by Crippen LogP contribution is 2.22. The van der Waals surface area contributed by atoms with Crippen LogP contribution in [0.5, 0.6) is 11.5 Å². The van der Waals surface area contributed by atoms with E-state index in [2.05, 4.69) is 52.2 Å². The van der Waals surface area contributed by atoms with Gasteiger partial charge < -0.3 is 94.2 Å². The number of nitrogens with two attached hydrogens (primary N) is 2. The first-order chi connectivity index (χ1) is 40.5. The summed E-state index contributed by atoms with van der Waals surface area (Å²) in [5, 5.41) is 77.8. The average molecular weight is 1180 g/mol. The molecule has 1 aliphatic heterocycles. The van der Waals surface area contributed by atoms with Crippen LogP contribution in [0.2, 0.25) is 0 Å². The molecule has 1 saturated heterocycles. The molecule has 9 amide bonds. The second-order valence-electron chi connectivity index (χ2n) is 20.1. The molecule has 85 heavy (non-hydrogen) atoms. The van der Waals surface area contributed by atoms with Gasteiger partial charge in [-0.2, -0.15) is 0 Å². The molecule has 30 heteroatoms. The number of nitrogens with zero attached hydrogens (tertiary/aromatic N) is 2. The Hall–Kier alpha value is -9.94. The summed E-state index contributed by atoms with van der Waals surface area (Å²) in [6.45, 7) is -2.24. The van der Waals surface area contributed by atoms with Crippen LogP contribution in [0.15, 0.2) is 91.5 Å². The summed E-state index contributed by atoms with van der Waals surface area (Å²) >= 11 is 0. The first-order valence-corrected chi connectivity index (χ1v) is 26.7. The van der Waals surface area contributed by atoms with Gasteiger partial charge in [0.15, 0.2) is 0 Å². The number of aliphatic carboxylic acids is 2. The lowest BCUT2D eigenvalue weighted by Gasteiger charge is -2.30. The molecule has 5 aromatic rings. The monoisotopic (exact) mass is 1180 g/mol. The van der Waals surface area contributed by atoms with E-state index in [0.717, 1.165) is 4.90 Å². The van der Waals surface area contributed by atoms with Gasteiger partial charge in [0.05, 0.1) is 32.0 Å². The molecule has 30 nitrogen and oxygen atoms in total. The van der Waals surface area contributed by atoms with E-state index in [1.807, 2.05) is 0 Å². The van der Waals surface area contributed by atoms with Crippen molar-refractivity contribution in [3.05, 3.63) is 114 Å². The summed E-state index contributed by atoms with van der Waals surface area (Å²) in [5.74, 6) is -12.3. The van der Waals surface area contributed by atoms with E-state index >= 15 is 0 Å². The molecule has 1 fully saturated rings. The van der Waals surface area contributed by atoms with Gasteiger partial charge in [-0.25, -0.2) is 9.78 Å². The predicted molar refractivity (Wildman–Crippen MR) is 297 cm³/mol. The Morgan fingerprint density at radius 1 is 0.612 bits per heavy atom. The number of aromatic hydroxyl groups is 2. The molecule has 6 rings (SSSR count). The fourth-order valence-electron chi connectivity index (χ4n) is 9.30. The van der Waals surface area contributed by atoms with Gasteiger partial charge in [-0.1, -0.05) is 42.5 Å². The van der Waals surface area contributed by atoms with Crippen LogP contribution in [-0.2, 0) is 78.4 Å². The third-order valence-electron chi connectivity index (χ3n) is 13.8. The Morgan fingerprint density at radius 2 is 1.12 bits per heavy atom. The van der Waals surface area contributed by atoms with Gasteiger partial charge in [0, 0.05) is 67.6 Å². The van der Waals surface area contributed by atoms with Crippen LogP contribution in [0.4, 0.5) is 0 Å². The number of aliphatic hydroxyl groups is 2. The van der Waals surface area contributed by atoms with Crippen molar-refractivity contribution >= 4 is 76.0 Å². The van der Waals surface area contributed by atoms with Gasteiger partial charge in [-0.3, -0.25) is 47.9 Å². The molecule has 3 heterocycles. The van der Waals surface area contributed by atoms with Gasteiger partial charge in [-0.15, -0.1) is 0 Å². The Balaban J connectivity index is 1.17. The van der Waals surface area contributed by atoms with E-state index in [9.17, 15) is 83.4 Å². The Kier molecular flexibility index (Phi) is 23.0. The number of phenols is 2. The van der Waals surface area contributed by atoms with Crippen LogP contribution in [-0.4, -0.2) is 190 Å². The number of amides is 9. The first-order valence-electron chi connectivity index (χ1n) is 26.7. The van der Waals surface area contributed by atoms with Crippen molar-refractivity contribution in [1.82, 2.24) is 57.1 Å². The average Bonchev–Trinajstić information content (AvgIpc) is 4.34. The lowest BCUT2D eigenvalue weighted by atomic mass is 10.0. The molecular weight excluding hydrogens is 1110 g/mol. The minimum absolute atomic E-state index is 0.0577. The number of H-pyrrole nitrogens is 2. The van der Waals surface area contributed by atoms with Crippen LogP contribution in [0.3, 0.4) is 0 Å². The molecular formula is C55H67N13O17. The van der Waals surface area contributed by atoms with E-state index in [4.69, 9.17) is 11.5 Å². The summed E-state index contributed by atoms with van der Waals surface area (Å²) < 4.78 is 0. The standard InChI is InChI=1S/C55H67N13O17/c56-35(15-16-45(57)73)47(76)66-42(25-69)51(80)62-38(20-30-23-59-36-5-2-1-4-34(30)36)49(78)64-40(22-46(74)75)54(83)68-17-3-6-44(68)53(82)67-43(26-70)52(81)63-39(21-31-24-58-27-60-31)50(79)61-37(18-28-7-11-32(71)12-8-28)48(77)65-41(55(84)85)19-29-9-13-33(72)14-10-29/h1-2,4-5,7-14,23-24,27,35,37-44,59,69-72H,3,6,15-22,25-26,56H2,(H2,57,73)(H,58,60)(H,61,79)(H,62,80)(H,63,81)(H,64,78)(H,65,77)(H,66,76)(H,67,82)(H,74,75)(H,84,85)/t35-,37-,38-,39-,40-,41-,42-,43-,44-/m0/s1. The number of aromatic nitrogens is 3. The maximum atomic E-state index is 14.4. The third kappa shape index (κ3) is 18.5. The molecule has 0 bridgehead atoms. The van der Waals surface area contributed by atoms with Crippen molar-refractivity contribution in [2.75, 3.05) is 19.8 Å². The van der Waals surface area contributed by atoms with Crippen molar-refractivity contribution in [2.24, 2.45) is 11.5 Å².